The lowest BCUT2D eigenvalue weighted by Crippen LogP contribution is -2.62. The van der Waals surface area contributed by atoms with Gasteiger partial charge in [0.15, 0.2) is 29.2 Å². The van der Waals surface area contributed by atoms with Gasteiger partial charge < -0.3 is 73.7 Å². The molecule has 0 radical (unpaired) electrons. The highest BCUT2D eigenvalue weighted by atomic mass is 16.8. The third-order valence-corrected chi connectivity index (χ3v) is 7.51. The lowest BCUT2D eigenvalue weighted by Gasteiger charge is -2.42. The number of phenols is 2. The lowest BCUT2D eigenvalue weighted by atomic mass is 9.98. The molecule has 1 aromatic heterocycles. The second kappa shape index (κ2) is 12.4. The van der Waals surface area contributed by atoms with Gasteiger partial charge in [0.1, 0.15) is 46.9 Å². The maximum absolute atomic E-state index is 13.3. The summed E-state index contributed by atoms with van der Waals surface area (Å²) in [5, 5.41) is 82.0. The van der Waals surface area contributed by atoms with Crippen LogP contribution in [0.5, 0.6) is 28.7 Å². The Morgan fingerprint density at radius 2 is 1.64 bits per heavy atom. The Hall–Kier alpha value is -3.71. The minimum atomic E-state index is -2.09. The fourth-order valence-corrected chi connectivity index (χ4v) is 5.03. The SMILES string of the molecule is COc1c(OC)c(O)c2c(=O)cc(-c3ccc(O)cc3)oc2c1O[C@@H]1O[C@H](CO)[C@@H](O)[C@H](O)[C@H]1O[C@H]1OC[C@@](O)(CO)[C@@H]1O. The third kappa shape index (κ3) is 5.40. The molecule has 44 heavy (non-hydrogen) atoms. The molecule has 5 rings (SSSR count). The summed E-state index contributed by atoms with van der Waals surface area (Å²) in [6.07, 6.45) is -11.9. The minimum absolute atomic E-state index is 0.00853. The molecule has 16 nitrogen and oxygen atoms in total. The second-order valence-electron chi connectivity index (χ2n) is 10.3. The summed E-state index contributed by atoms with van der Waals surface area (Å²) in [7, 11) is 2.38. The first-order valence-electron chi connectivity index (χ1n) is 13.3. The molecule has 240 valence electrons. The number of rotatable bonds is 9. The summed E-state index contributed by atoms with van der Waals surface area (Å²) in [6, 6.07) is 6.76. The predicted octanol–water partition coefficient (Wildman–Crippen LogP) is -1.47. The van der Waals surface area contributed by atoms with Gasteiger partial charge in [-0.05, 0) is 24.3 Å². The van der Waals surface area contributed by atoms with Gasteiger partial charge in [-0.1, -0.05) is 0 Å². The Bertz CT molecular complexity index is 1540. The zero-order valence-corrected chi connectivity index (χ0v) is 23.4. The van der Waals surface area contributed by atoms with E-state index in [-0.39, 0.29) is 28.6 Å². The van der Waals surface area contributed by atoms with Gasteiger partial charge in [0, 0.05) is 11.6 Å². The number of aromatic hydroxyl groups is 2. The summed E-state index contributed by atoms with van der Waals surface area (Å²) in [5.74, 6) is -1.73. The van der Waals surface area contributed by atoms with Crippen molar-refractivity contribution in [3.05, 3.63) is 40.6 Å². The molecular weight excluding hydrogens is 592 g/mol. The fourth-order valence-electron chi connectivity index (χ4n) is 5.03. The molecule has 2 saturated heterocycles. The van der Waals surface area contributed by atoms with Gasteiger partial charge in [0.25, 0.3) is 0 Å². The number of hydrogen-bond donors (Lipinski definition) is 8. The van der Waals surface area contributed by atoms with Gasteiger partial charge in [-0.3, -0.25) is 4.79 Å². The highest BCUT2D eigenvalue weighted by Crippen LogP contribution is 2.51. The topological polar surface area (TPSA) is 247 Å². The van der Waals surface area contributed by atoms with Crippen molar-refractivity contribution in [3.63, 3.8) is 0 Å². The Morgan fingerprint density at radius 1 is 0.955 bits per heavy atom. The molecule has 0 aliphatic carbocycles. The van der Waals surface area contributed by atoms with Crippen molar-refractivity contribution >= 4 is 11.0 Å². The van der Waals surface area contributed by atoms with Crippen LogP contribution >= 0.6 is 0 Å². The summed E-state index contributed by atoms with van der Waals surface area (Å²) in [5.41, 5.74) is -2.83. The van der Waals surface area contributed by atoms with E-state index < -0.39 is 90.8 Å². The van der Waals surface area contributed by atoms with E-state index in [2.05, 4.69) is 0 Å². The van der Waals surface area contributed by atoms with Crippen molar-refractivity contribution in [2.24, 2.45) is 0 Å². The molecule has 3 aromatic rings. The molecular formula is C28H32O16. The average molecular weight is 625 g/mol. The van der Waals surface area contributed by atoms with Crippen molar-refractivity contribution in [2.45, 2.75) is 48.7 Å². The summed E-state index contributed by atoms with van der Waals surface area (Å²) < 4.78 is 39.5. The van der Waals surface area contributed by atoms with E-state index in [4.69, 9.17) is 32.8 Å². The molecule has 8 atom stereocenters. The molecule has 2 aliphatic heterocycles. The average Bonchev–Trinajstić information content (AvgIpc) is 3.30. The number of ether oxygens (including phenoxy) is 6. The van der Waals surface area contributed by atoms with Crippen LogP contribution < -0.4 is 19.6 Å². The zero-order valence-electron chi connectivity index (χ0n) is 23.4. The number of fused-ring (bicyclic) bond motifs is 1. The molecule has 0 bridgehead atoms. The summed E-state index contributed by atoms with van der Waals surface area (Å²) in [6.45, 7) is -2.20. The first kappa shape index (κ1) is 31.7. The lowest BCUT2D eigenvalue weighted by molar-refractivity contribution is -0.318. The van der Waals surface area contributed by atoms with Crippen LogP contribution in [0.25, 0.3) is 22.3 Å². The smallest absolute Gasteiger partial charge is 0.230 e. The van der Waals surface area contributed by atoms with Crippen LogP contribution in [0.15, 0.2) is 39.5 Å². The van der Waals surface area contributed by atoms with E-state index in [0.717, 1.165) is 6.07 Å². The van der Waals surface area contributed by atoms with Crippen LogP contribution in [-0.4, -0.2) is 124 Å². The molecule has 2 fully saturated rings. The van der Waals surface area contributed by atoms with Crippen LogP contribution in [0.3, 0.4) is 0 Å². The summed E-state index contributed by atoms with van der Waals surface area (Å²) in [4.78, 5) is 13.3. The molecule has 2 aliphatic rings. The molecule has 0 spiro atoms. The van der Waals surface area contributed by atoms with Gasteiger partial charge in [-0.15, -0.1) is 0 Å². The highest BCUT2D eigenvalue weighted by Gasteiger charge is 2.53. The van der Waals surface area contributed by atoms with Gasteiger partial charge >= 0.3 is 0 Å². The van der Waals surface area contributed by atoms with Crippen molar-refractivity contribution in [2.75, 3.05) is 34.0 Å². The standard InChI is InChI=1S/C28H32O16/c1-38-21-18(34)16-13(32)7-14(11-3-5-12(31)6-4-11)41-20(16)24(23(21)39-2)44-26-22(19(35)17(33)15(8-29)42-26)43-27-25(36)28(37,9-30)10-40-27/h3-7,15,17,19,22,25-27,29-31,33-37H,8-10H2,1-2H3/t15-,17-,19+,22-,25-,26+,27-,28+/m1/s1. The van der Waals surface area contributed by atoms with Crippen LogP contribution in [0.4, 0.5) is 0 Å². The van der Waals surface area contributed by atoms with Crippen LogP contribution in [0, 0.1) is 0 Å². The van der Waals surface area contributed by atoms with E-state index >= 15 is 0 Å². The third-order valence-electron chi connectivity index (χ3n) is 7.51. The Morgan fingerprint density at radius 3 is 2.23 bits per heavy atom. The molecule has 0 saturated carbocycles. The Balaban J connectivity index is 1.64. The molecule has 0 unspecified atom stereocenters. The largest absolute Gasteiger partial charge is 0.508 e. The molecule has 16 heteroatoms. The van der Waals surface area contributed by atoms with Crippen LogP contribution in [0.2, 0.25) is 0 Å². The molecule has 2 aromatic carbocycles. The van der Waals surface area contributed by atoms with Gasteiger partial charge in [0.2, 0.25) is 23.5 Å². The van der Waals surface area contributed by atoms with Gasteiger partial charge in [-0.25, -0.2) is 0 Å². The summed E-state index contributed by atoms with van der Waals surface area (Å²) >= 11 is 0. The van der Waals surface area contributed by atoms with Crippen molar-refractivity contribution < 1.29 is 73.7 Å². The maximum Gasteiger partial charge on any atom is 0.230 e. The van der Waals surface area contributed by atoms with Crippen LogP contribution in [0.1, 0.15) is 0 Å². The Kier molecular flexibility index (Phi) is 8.90. The number of benzene rings is 2. The van der Waals surface area contributed by atoms with Gasteiger partial charge in [0.05, 0.1) is 34.0 Å². The monoisotopic (exact) mass is 624 g/mol. The van der Waals surface area contributed by atoms with Crippen molar-refractivity contribution in [1.29, 1.82) is 0 Å². The number of methoxy groups -OCH3 is 2. The normalized spacial score (nSPS) is 30.4. The number of hydrogen-bond acceptors (Lipinski definition) is 16. The molecule has 3 heterocycles. The van der Waals surface area contributed by atoms with Crippen molar-refractivity contribution in [3.8, 4) is 40.1 Å². The molecule has 0 amide bonds. The van der Waals surface area contributed by atoms with E-state index in [9.17, 15) is 45.6 Å². The second-order valence-corrected chi connectivity index (χ2v) is 10.3. The van der Waals surface area contributed by atoms with E-state index in [1.165, 1.54) is 38.5 Å². The van der Waals surface area contributed by atoms with Crippen LogP contribution in [-0.2, 0) is 14.2 Å². The first-order valence-corrected chi connectivity index (χ1v) is 13.3. The van der Waals surface area contributed by atoms with E-state index in [1.54, 1.807) is 0 Å². The minimum Gasteiger partial charge on any atom is -0.508 e. The fraction of sp³-hybridized carbons (Fsp3) is 0.464. The van der Waals surface area contributed by atoms with Crippen molar-refractivity contribution in [1.82, 2.24) is 0 Å². The van der Waals surface area contributed by atoms with Gasteiger partial charge in [-0.2, -0.15) is 0 Å². The van der Waals surface area contributed by atoms with E-state index in [1.807, 2.05) is 0 Å². The number of aliphatic hydroxyl groups excluding tert-OH is 5. The highest BCUT2D eigenvalue weighted by molar-refractivity contribution is 5.95. The molecule has 8 N–H and O–H groups in total. The Labute approximate surface area is 248 Å². The number of aliphatic hydroxyl groups is 6. The predicted molar refractivity (Wildman–Crippen MR) is 145 cm³/mol. The maximum atomic E-state index is 13.3. The zero-order chi connectivity index (χ0) is 31.9. The first-order chi connectivity index (χ1) is 21.0. The number of phenolic OH excluding ortho intramolecular Hbond substituents is 2. The van der Waals surface area contributed by atoms with E-state index in [0.29, 0.717) is 5.56 Å². The quantitative estimate of drug-likeness (QED) is 0.135.